The molecule has 2 atom stereocenters. The monoisotopic (exact) mass is 279 g/mol. The minimum atomic E-state index is 0.215. The molecule has 0 fully saturated rings. The highest BCUT2D eigenvalue weighted by Crippen LogP contribution is 2.34. The smallest absolute Gasteiger partial charge is 0.0393 e. The van der Waals surface area contributed by atoms with Crippen LogP contribution in [0.5, 0.6) is 0 Å². The van der Waals surface area contributed by atoms with Gasteiger partial charge < -0.3 is 5.73 Å². The van der Waals surface area contributed by atoms with Crippen molar-refractivity contribution in [2.24, 2.45) is 0 Å². The van der Waals surface area contributed by atoms with Crippen LogP contribution in [-0.2, 0) is 0 Å². The summed E-state index contributed by atoms with van der Waals surface area (Å²) < 4.78 is 0. The number of anilines is 1. The highest BCUT2D eigenvalue weighted by Gasteiger charge is 2.18. The van der Waals surface area contributed by atoms with Crippen molar-refractivity contribution in [1.29, 1.82) is 0 Å². The summed E-state index contributed by atoms with van der Waals surface area (Å²) in [6.07, 6.45) is 8.43. The van der Waals surface area contributed by atoms with E-state index >= 15 is 0 Å². The van der Waals surface area contributed by atoms with E-state index in [4.69, 9.17) is 5.73 Å². The molecule has 0 bridgehead atoms. The van der Waals surface area contributed by atoms with Crippen molar-refractivity contribution in [3.63, 3.8) is 0 Å². The normalized spacial score (nSPS) is 21.1. The van der Waals surface area contributed by atoms with E-state index in [-0.39, 0.29) is 5.25 Å². The first-order valence-corrected chi connectivity index (χ1v) is 7.25. The summed E-state index contributed by atoms with van der Waals surface area (Å²) >= 11 is 4.65. The van der Waals surface area contributed by atoms with Crippen molar-refractivity contribution in [2.75, 3.05) is 5.73 Å². The van der Waals surface area contributed by atoms with Crippen molar-refractivity contribution >= 4 is 18.3 Å². The molecule has 2 unspecified atom stereocenters. The van der Waals surface area contributed by atoms with Gasteiger partial charge in [0.25, 0.3) is 0 Å². The molecule has 0 aliphatic heterocycles. The minimum absolute atomic E-state index is 0.215. The number of thiol groups is 1. The molecule has 2 N–H and O–H groups in total. The van der Waals surface area contributed by atoms with E-state index in [9.17, 15) is 0 Å². The summed E-state index contributed by atoms with van der Waals surface area (Å²) in [5.74, 6) is 0.298. The quantitative estimate of drug-likeness (QED) is 0.616. The van der Waals surface area contributed by atoms with Crippen molar-refractivity contribution in [2.45, 2.75) is 11.2 Å². The molecule has 20 heavy (non-hydrogen) atoms. The van der Waals surface area contributed by atoms with Crippen LogP contribution in [0, 0.1) is 0 Å². The largest absolute Gasteiger partial charge is 0.398 e. The Hall–Kier alpha value is -1.93. The van der Waals surface area contributed by atoms with Gasteiger partial charge in [-0.1, -0.05) is 60.7 Å². The highest BCUT2D eigenvalue weighted by molar-refractivity contribution is 7.81. The maximum Gasteiger partial charge on any atom is 0.0393 e. The lowest BCUT2D eigenvalue weighted by molar-refractivity contribution is 0.876. The fraction of sp³-hybridized carbons (Fsp3) is 0.111. The molecule has 0 saturated carbocycles. The molecule has 3 rings (SSSR count). The van der Waals surface area contributed by atoms with Crippen LogP contribution in [0.25, 0.3) is 11.1 Å². The fourth-order valence-corrected chi connectivity index (χ4v) is 2.92. The third kappa shape index (κ3) is 2.52. The average Bonchev–Trinajstić information content (AvgIpc) is 2.49. The van der Waals surface area contributed by atoms with Gasteiger partial charge in [0.2, 0.25) is 0 Å². The van der Waals surface area contributed by atoms with Gasteiger partial charge in [-0.05, 0) is 23.3 Å². The molecule has 2 aromatic carbocycles. The number of hydrogen-bond donors (Lipinski definition) is 2. The van der Waals surface area contributed by atoms with E-state index in [0.717, 1.165) is 16.8 Å². The van der Waals surface area contributed by atoms with E-state index in [2.05, 4.69) is 55.1 Å². The molecule has 0 amide bonds. The summed E-state index contributed by atoms with van der Waals surface area (Å²) in [4.78, 5) is 0. The van der Waals surface area contributed by atoms with Crippen LogP contribution in [0.3, 0.4) is 0 Å². The lowest BCUT2D eigenvalue weighted by atomic mass is 9.89. The summed E-state index contributed by atoms with van der Waals surface area (Å²) in [6, 6.07) is 16.5. The lowest BCUT2D eigenvalue weighted by Gasteiger charge is -2.21. The maximum absolute atomic E-state index is 6.13. The van der Waals surface area contributed by atoms with Gasteiger partial charge in [-0.15, -0.1) is 0 Å². The first kappa shape index (κ1) is 13.1. The van der Waals surface area contributed by atoms with Crippen LogP contribution < -0.4 is 5.73 Å². The number of nitrogens with two attached hydrogens (primary N) is 1. The molecule has 1 aliphatic carbocycles. The predicted molar refractivity (Wildman–Crippen MR) is 90.1 cm³/mol. The summed E-state index contributed by atoms with van der Waals surface area (Å²) in [7, 11) is 0. The zero-order valence-electron chi connectivity index (χ0n) is 11.1. The van der Waals surface area contributed by atoms with Crippen LogP contribution in [0.15, 0.2) is 72.8 Å². The Morgan fingerprint density at radius 1 is 0.900 bits per heavy atom. The van der Waals surface area contributed by atoms with E-state index in [1.54, 1.807) is 0 Å². The number of hydrogen-bond acceptors (Lipinski definition) is 2. The minimum Gasteiger partial charge on any atom is -0.398 e. The third-order valence-electron chi connectivity index (χ3n) is 3.65. The van der Waals surface area contributed by atoms with Crippen molar-refractivity contribution in [3.8, 4) is 11.1 Å². The Labute approximate surface area is 125 Å². The average molecular weight is 279 g/mol. The number of nitrogen functional groups attached to an aromatic ring is 1. The van der Waals surface area contributed by atoms with Gasteiger partial charge in [-0.2, -0.15) is 12.6 Å². The Balaban J connectivity index is 2.03. The standard InChI is InChI=1S/C18H17NS/c19-17-11-10-14(15-8-4-5-9-18(15)20)12-16(17)13-6-2-1-3-7-13/h1-12,15,18,20H,19H2. The molecule has 0 radical (unpaired) electrons. The molecule has 0 aromatic heterocycles. The second-order valence-electron chi connectivity index (χ2n) is 5.00. The van der Waals surface area contributed by atoms with Gasteiger partial charge in [-0.25, -0.2) is 0 Å². The predicted octanol–water partition coefficient (Wildman–Crippen LogP) is 4.44. The molecule has 0 spiro atoms. The molecule has 100 valence electrons. The zero-order valence-corrected chi connectivity index (χ0v) is 12.0. The van der Waals surface area contributed by atoms with Crippen LogP contribution in [-0.4, -0.2) is 5.25 Å². The number of allylic oxidation sites excluding steroid dienone is 3. The Morgan fingerprint density at radius 3 is 2.40 bits per heavy atom. The second kappa shape index (κ2) is 5.59. The molecule has 0 saturated heterocycles. The second-order valence-corrected chi connectivity index (χ2v) is 5.60. The molecule has 1 nitrogen and oxygen atoms in total. The van der Waals surface area contributed by atoms with Gasteiger partial charge in [-0.3, -0.25) is 0 Å². The molecule has 2 aromatic rings. The number of benzene rings is 2. The molecular weight excluding hydrogens is 262 g/mol. The van der Waals surface area contributed by atoms with E-state index in [1.807, 2.05) is 30.3 Å². The van der Waals surface area contributed by atoms with Crippen LogP contribution in [0.1, 0.15) is 11.5 Å². The van der Waals surface area contributed by atoms with Gasteiger partial charge in [0.1, 0.15) is 0 Å². The first-order valence-electron chi connectivity index (χ1n) is 6.73. The Morgan fingerprint density at radius 2 is 1.65 bits per heavy atom. The summed E-state index contributed by atoms with van der Waals surface area (Å²) in [5, 5.41) is 0.215. The van der Waals surface area contributed by atoms with E-state index in [1.165, 1.54) is 5.56 Å². The molecule has 2 heteroatoms. The highest BCUT2D eigenvalue weighted by atomic mass is 32.1. The maximum atomic E-state index is 6.13. The van der Waals surface area contributed by atoms with Gasteiger partial charge in [0.15, 0.2) is 0 Å². The van der Waals surface area contributed by atoms with E-state index in [0.29, 0.717) is 5.92 Å². The summed E-state index contributed by atoms with van der Waals surface area (Å²) in [6.45, 7) is 0. The molecular formula is C18H17NS. The van der Waals surface area contributed by atoms with E-state index < -0.39 is 0 Å². The molecule has 0 heterocycles. The first-order chi connectivity index (χ1) is 9.75. The summed E-state index contributed by atoms with van der Waals surface area (Å²) in [5.41, 5.74) is 10.4. The van der Waals surface area contributed by atoms with Crippen LogP contribution in [0.2, 0.25) is 0 Å². The SMILES string of the molecule is Nc1ccc(C2C=CC=CC2S)cc1-c1ccccc1. The van der Waals surface area contributed by atoms with Crippen molar-refractivity contribution in [1.82, 2.24) is 0 Å². The van der Waals surface area contributed by atoms with Crippen LogP contribution >= 0.6 is 12.6 Å². The Kier molecular flexibility index (Phi) is 3.66. The fourth-order valence-electron chi connectivity index (χ4n) is 2.55. The lowest BCUT2D eigenvalue weighted by Crippen LogP contribution is -2.10. The van der Waals surface area contributed by atoms with Gasteiger partial charge in [0, 0.05) is 22.4 Å². The van der Waals surface area contributed by atoms with Crippen molar-refractivity contribution in [3.05, 3.63) is 78.4 Å². The molecule has 1 aliphatic rings. The van der Waals surface area contributed by atoms with Gasteiger partial charge >= 0.3 is 0 Å². The van der Waals surface area contributed by atoms with Crippen LogP contribution in [0.4, 0.5) is 5.69 Å². The topological polar surface area (TPSA) is 26.0 Å². The van der Waals surface area contributed by atoms with Gasteiger partial charge in [0.05, 0.1) is 0 Å². The zero-order chi connectivity index (χ0) is 13.9. The Bertz CT molecular complexity index is 658. The van der Waals surface area contributed by atoms with Crippen molar-refractivity contribution < 1.29 is 0 Å². The number of rotatable bonds is 2. The third-order valence-corrected chi connectivity index (χ3v) is 4.15.